The Morgan fingerprint density at radius 3 is 2.54 bits per heavy atom. The predicted molar refractivity (Wildman–Crippen MR) is 140 cm³/mol. The minimum absolute atomic E-state index is 0.115. The number of hydrogen-bond acceptors (Lipinski definition) is 7. The van der Waals surface area contributed by atoms with Crippen LogP contribution in [0.5, 0.6) is 5.75 Å². The van der Waals surface area contributed by atoms with Gasteiger partial charge in [-0.1, -0.05) is 24.2 Å². The first kappa shape index (κ1) is 23.7. The van der Waals surface area contributed by atoms with Gasteiger partial charge in [0.2, 0.25) is 16.2 Å². The minimum atomic E-state index is 0.115. The van der Waals surface area contributed by atoms with Crippen LogP contribution in [-0.2, 0) is 11.3 Å². The molecule has 186 valence electrons. The Balaban J connectivity index is 1.15. The Morgan fingerprint density at radius 1 is 1.06 bits per heavy atom. The molecule has 1 aromatic carbocycles. The maximum Gasteiger partial charge on any atom is 0.223 e. The van der Waals surface area contributed by atoms with E-state index in [1.165, 1.54) is 12.8 Å². The zero-order valence-electron chi connectivity index (χ0n) is 20.3. The topological polar surface area (TPSA) is 84.3 Å². The van der Waals surface area contributed by atoms with E-state index in [9.17, 15) is 4.79 Å². The van der Waals surface area contributed by atoms with Crippen molar-refractivity contribution in [2.75, 3.05) is 29.9 Å². The number of anilines is 2. The van der Waals surface area contributed by atoms with Crippen LogP contribution in [0.25, 0.3) is 5.13 Å². The van der Waals surface area contributed by atoms with Crippen LogP contribution in [-0.4, -0.2) is 46.4 Å². The van der Waals surface area contributed by atoms with E-state index in [1.54, 1.807) is 11.3 Å². The van der Waals surface area contributed by atoms with Gasteiger partial charge in [0, 0.05) is 42.6 Å². The number of hydrogen-bond donors (Lipinski definition) is 2. The van der Waals surface area contributed by atoms with Gasteiger partial charge in [-0.3, -0.25) is 9.36 Å². The Morgan fingerprint density at radius 2 is 1.80 bits per heavy atom. The van der Waals surface area contributed by atoms with Gasteiger partial charge in [-0.05, 0) is 69.0 Å². The second-order valence-electron chi connectivity index (χ2n) is 9.30. The van der Waals surface area contributed by atoms with Gasteiger partial charge >= 0.3 is 0 Å². The average Bonchev–Trinajstić information content (AvgIpc) is 3.66. The lowest BCUT2D eigenvalue weighted by molar-refractivity contribution is -0.126. The molecule has 1 saturated carbocycles. The van der Waals surface area contributed by atoms with Crippen molar-refractivity contribution >= 4 is 28.1 Å². The molecule has 8 nitrogen and oxygen atoms in total. The molecule has 35 heavy (non-hydrogen) atoms. The molecule has 1 aliphatic heterocycles. The highest BCUT2D eigenvalue weighted by Crippen LogP contribution is 2.29. The highest BCUT2D eigenvalue weighted by Gasteiger charge is 2.28. The first-order chi connectivity index (χ1) is 17.2. The summed E-state index contributed by atoms with van der Waals surface area (Å²) < 4.78 is 7.60. The van der Waals surface area contributed by atoms with E-state index in [0.717, 1.165) is 66.2 Å². The van der Waals surface area contributed by atoms with Crippen LogP contribution in [0.1, 0.15) is 51.1 Å². The summed E-state index contributed by atoms with van der Waals surface area (Å²) in [5.74, 6) is 1.23. The van der Waals surface area contributed by atoms with Crippen LogP contribution in [0, 0.1) is 5.92 Å². The first-order valence-electron chi connectivity index (χ1n) is 12.7. The molecule has 9 heteroatoms. The van der Waals surface area contributed by atoms with E-state index < -0.39 is 0 Å². The van der Waals surface area contributed by atoms with Gasteiger partial charge in [0.25, 0.3) is 0 Å². The fourth-order valence-corrected chi connectivity index (χ4v) is 5.85. The van der Waals surface area contributed by atoms with Crippen molar-refractivity contribution in [3.63, 3.8) is 0 Å². The monoisotopic (exact) mass is 494 g/mol. The number of rotatable bonds is 9. The number of carbonyl (C=O) groups excluding carboxylic acids is 1. The summed E-state index contributed by atoms with van der Waals surface area (Å²) in [6, 6.07) is 12.5. The van der Waals surface area contributed by atoms with E-state index in [0.29, 0.717) is 19.2 Å². The summed E-state index contributed by atoms with van der Waals surface area (Å²) in [4.78, 5) is 14.9. The Bertz CT molecular complexity index is 1100. The number of nitrogens with one attached hydrogen (secondary N) is 2. The van der Waals surface area contributed by atoms with Crippen LogP contribution in [0.15, 0.2) is 42.6 Å². The van der Waals surface area contributed by atoms with E-state index >= 15 is 0 Å². The predicted octanol–water partition coefficient (Wildman–Crippen LogP) is 4.61. The lowest BCUT2D eigenvalue weighted by atomic mass is 9.96. The molecule has 2 aliphatic rings. The molecule has 1 amide bonds. The fourth-order valence-electron chi connectivity index (χ4n) is 4.93. The molecule has 0 bridgehead atoms. The standard InChI is InChI=1S/C26H34N6O2S/c1-2-34-23-11-9-20(10-12-23)27-18-22-8-5-15-32(22)26-30-29-25(35-26)31-16-13-19(14-17-31)24(33)28-21-6-3-4-7-21/h5,8-12,15,19,21,27H,2-4,6-7,13-14,16-18H2,1H3,(H,28,33). The largest absolute Gasteiger partial charge is 0.494 e. The van der Waals surface area contributed by atoms with Gasteiger partial charge in [-0.2, -0.15) is 0 Å². The average molecular weight is 495 g/mol. The van der Waals surface area contributed by atoms with E-state index in [-0.39, 0.29) is 11.8 Å². The quantitative estimate of drug-likeness (QED) is 0.452. The summed E-state index contributed by atoms with van der Waals surface area (Å²) in [6.45, 7) is 5.01. The zero-order chi connectivity index (χ0) is 24.0. The molecular formula is C26H34N6O2S. The van der Waals surface area contributed by atoms with Crippen molar-refractivity contribution in [1.82, 2.24) is 20.1 Å². The van der Waals surface area contributed by atoms with Crippen molar-refractivity contribution in [3.05, 3.63) is 48.3 Å². The number of benzene rings is 1. The lowest BCUT2D eigenvalue weighted by Gasteiger charge is -2.31. The molecule has 5 rings (SSSR count). The molecule has 1 saturated heterocycles. The summed E-state index contributed by atoms with van der Waals surface area (Å²) in [5.41, 5.74) is 2.16. The molecule has 2 N–H and O–H groups in total. The third-order valence-electron chi connectivity index (χ3n) is 6.92. The first-order valence-corrected chi connectivity index (χ1v) is 13.5. The van der Waals surface area contributed by atoms with Crippen molar-refractivity contribution in [2.24, 2.45) is 5.92 Å². The second-order valence-corrected chi connectivity index (χ2v) is 10.2. The number of amides is 1. The van der Waals surface area contributed by atoms with Gasteiger partial charge in [-0.25, -0.2) is 0 Å². The SMILES string of the molecule is CCOc1ccc(NCc2cccn2-c2nnc(N3CCC(C(=O)NC4CCCC4)CC3)s2)cc1. The second kappa shape index (κ2) is 11.1. The molecule has 2 fully saturated rings. The number of aromatic nitrogens is 3. The number of ether oxygens (including phenoxy) is 1. The van der Waals surface area contributed by atoms with Gasteiger partial charge in [-0.15, -0.1) is 10.2 Å². The lowest BCUT2D eigenvalue weighted by Crippen LogP contribution is -2.43. The van der Waals surface area contributed by atoms with E-state index in [4.69, 9.17) is 4.74 Å². The normalized spacial score (nSPS) is 17.0. The summed E-state index contributed by atoms with van der Waals surface area (Å²) >= 11 is 1.60. The van der Waals surface area contributed by atoms with Crippen molar-refractivity contribution in [2.45, 2.75) is 58.0 Å². The highest BCUT2D eigenvalue weighted by atomic mass is 32.1. The molecule has 0 spiro atoms. The zero-order valence-corrected chi connectivity index (χ0v) is 21.1. The summed E-state index contributed by atoms with van der Waals surface area (Å²) in [5, 5.41) is 17.5. The Kier molecular flexibility index (Phi) is 7.51. The fraction of sp³-hybridized carbons (Fsp3) is 0.500. The van der Waals surface area contributed by atoms with Crippen LogP contribution in [0.3, 0.4) is 0 Å². The molecule has 0 radical (unpaired) electrons. The van der Waals surface area contributed by atoms with E-state index in [2.05, 4.69) is 36.4 Å². The minimum Gasteiger partial charge on any atom is -0.494 e. The van der Waals surface area contributed by atoms with E-state index in [1.807, 2.05) is 43.5 Å². The summed E-state index contributed by atoms with van der Waals surface area (Å²) in [6.07, 6.45) is 8.51. The van der Waals surface area contributed by atoms with Gasteiger partial charge < -0.3 is 20.3 Å². The van der Waals surface area contributed by atoms with Gasteiger partial charge in [0.05, 0.1) is 13.2 Å². The number of nitrogens with zero attached hydrogens (tertiary/aromatic N) is 4. The van der Waals surface area contributed by atoms with Gasteiger partial charge in [0.1, 0.15) is 5.75 Å². The van der Waals surface area contributed by atoms with Crippen molar-refractivity contribution < 1.29 is 9.53 Å². The van der Waals surface area contributed by atoms with Gasteiger partial charge in [0.15, 0.2) is 0 Å². The van der Waals surface area contributed by atoms with Crippen LogP contribution < -0.4 is 20.3 Å². The molecule has 1 aliphatic carbocycles. The smallest absolute Gasteiger partial charge is 0.223 e. The molecule has 0 unspecified atom stereocenters. The third-order valence-corrected chi connectivity index (χ3v) is 7.90. The molecule has 0 atom stereocenters. The van der Waals surface area contributed by atoms with Crippen molar-refractivity contribution in [3.8, 4) is 10.9 Å². The van der Waals surface area contributed by atoms with Crippen LogP contribution >= 0.6 is 11.3 Å². The molecule has 3 heterocycles. The molecular weight excluding hydrogens is 460 g/mol. The maximum absolute atomic E-state index is 12.6. The highest BCUT2D eigenvalue weighted by molar-refractivity contribution is 7.17. The van der Waals surface area contributed by atoms with Crippen LogP contribution in [0.4, 0.5) is 10.8 Å². The third kappa shape index (κ3) is 5.78. The number of piperidine rings is 1. The Hall–Kier alpha value is -3.07. The maximum atomic E-state index is 12.6. The summed E-state index contributed by atoms with van der Waals surface area (Å²) in [7, 11) is 0. The Labute approximate surface area is 210 Å². The number of carbonyl (C=O) groups is 1. The molecule has 2 aromatic heterocycles. The van der Waals surface area contributed by atoms with Crippen molar-refractivity contribution in [1.29, 1.82) is 0 Å². The van der Waals surface area contributed by atoms with Crippen LogP contribution in [0.2, 0.25) is 0 Å². The molecule has 3 aromatic rings.